The fourth-order valence-corrected chi connectivity index (χ4v) is 2.52. The maximum atomic E-state index is 11.2. The lowest BCUT2D eigenvalue weighted by Crippen LogP contribution is -2.45. The summed E-state index contributed by atoms with van der Waals surface area (Å²) in [6, 6.07) is 0. The van der Waals surface area contributed by atoms with Gasteiger partial charge < -0.3 is 15.3 Å². The summed E-state index contributed by atoms with van der Waals surface area (Å²) in [7, 11) is 0. The fourth-order valence-electron chi connectivity index (χ4n) is 2.52. The molecule has 5 nitrogen and oxygen atoms in total. The summed E-state index contributed by atoms with van der Waals surface area (Å²) in [5, 5.41) is 27.9. The second-order valence-corrected chi connectivity index (χ2v) is 4.76. The van der Waals surface area contributed by atoms with Crippen LogP contribution in [0.1, 0.15) is 44.9 Å². The molecule has 0 heterocycles. The van der Waals surface area contributed by atoms with Gasteiger partial charge in [0.05, 0.1) is 0 Å². The molecule has 0 aromatic heterocycles. The summed E-state index contributed by atoms with van der Waals surface area (Å²) in [5.41, 5.74) is -1.70. The summed E-state index contributed by atoms with van der Waals surface area (Å²) in [6.45, 7) is -0.519. The Bertz CT molecular complexity index is 283. The molecule has 0 spiro atoms. The van der Waals surface area contributed by atoms with Crippen molar-refractivity contribution in [3.05, 3.63) is 0 Å². The third-order valence-corrected chi connectivity index (χ3v) is 3.59. The van der Waals surface area contributed by atoms with Crippen LogP contribution in [0.15, 0.2) is 0 Å². The molecule has 0 unspecified atom stereocenters. The average molecular weight is 244 g/mol. The Morgan fingerprint density at radius 2 is 1.82 bits per heavy atom. The van der Waals surface area contributed by atoms with Gasteiger partial charge in [0, 0.05) is 6.42 Å². The Morgan fingerprint density at radius 1 is 1.24 bits per heavy atom. The van der Waals surface area contributed by atoms with Crippen molar-refractivity contribution in [2.75, 3.05) is 6.61 Å². The Kier molecular flexibility index (Phi) is 5.08. The van der Waals surface area contributed by atoms with E-state index in [-0.39, 0.29) is 24.5 Å². The summed E-state index contributed by atoms with van der Waals surface area (Å²) in [6.07, 6.45) is 3.88. The topological polar surface area (TPSA) is 94.8 Å². The van der Waals surface area contributed by atoms with E-state index in [0.29, 0.717) is 6.42 Å². The number of ketones is 1. The summed E-state index contributed by atoms with van der Waals surface area (Å²) < 4.78 is 0. The monoisotopic (exact) mass is 244 g/mol. The standard InChI is InChI=1S/C12H20O5/c13-8-10(14)6-3-7-12(17,11(15)16)9-4-1-2-5-9/h9,13,17H,1-8H2,(H,15,16)/t12-/m1/s1. The first-order valence-electron chi connectivity index (χ1n) is 6.09. The van der Waals surface area contributed by atoms with E-state index in [1.807, 2.05) is 0 Å². The normalized spacial score (nSPS) is 20.1. The molecule has 98 valence electrons. The molecule has 0 bridgehead atoms. The number of carbonyl (C=O) groups excluding carboxylic acids is 1. The SMILES string of the molecule is O=C(CO)CCC[C@](O)(C(=O)O)C1CCCC1. The molecule has 1 saturated carbocycles. The molecule has 1 fully saturated rings. The molecule has 1 atom stereocenters. The number of aliphatic hydroxyl groups is 2. The van der Waals surface area contributed by atoms with Crippen LogP contribution in [0.2, 0.25) is 0 Å². The maximum absolute atomic E-state index is 11.2. The van der Waals surface area contributed by atoms with E-state index in [0.717, 1.165) is 25.7 Å². The minimum absolute atomic E-state index is 0.0821. The van der Waals surface area contributed by atoms with Crippen LogP contribution in [-0.4, -0.2) is 39.3 Å². The highest BCUT2D eigenvalue weighted by Crippen LogP contribution is 2.37. The van der Waals surface area contributed by atoms with Crippen molar-refractivity contribution >= 4 is 11.8 Å². The molecule has 0 amide bonds. The molecule has 17 heavy (non-hydrogen) atoms. The molecule has 0 aromatic rings. The first-order valence-corrected chi connectivity index (χ1v) is 6.09. The first kappa shape index (κ1) is 14.1. The first-order chi connectivity index (χ1) is 8.00. The van der Waals surface area contributed by atoms with Crippen molar-refractivity contribution in [2.24, 2.45) is 5.92 Å². The van der Waals surface area contributed by atoms with E-state index in [1.165, 1.54) is 0 Å². The molecule has 0 saturated heterocycles. The van der Waals surface area contributed by atoms with Crippen molar-refractivity contribution in [3.8, 4) is 0 Å². The van der Waals surface area contributed by atoms with E-state index in [4.69, 9.17) is 10.2 Å². The van der Waals surface area contributed by atoms with Gasteiger partial charge >= 0.3 is 5.97 Å². The Balaban J connectivity index is 2.53. The van der Waals surface area contributed by atoms with Crippen LogP contribution < -0.4 is 0 Å². The molecule has 1 rings (SSSR count). The van der Waals surface area contributed by atoms with Gasteiger partial charge in [-0.25, -0.2) is 4.79 Å². The Labute approximate surface area is 100 Å². The lowest BCUT2D eigenvalue weighted by atomic mass is 9.82. The highest BCUT2D eigenvalue weighted by Gasteiger charge is 2.44. The van der Waals surface area contributed by atoms with Gasteiger partial charge in [0.2, 0.25) is 0 Å². The van der Waals surface area contributed by atoms with Crippen molar-refractivity contribution in [1.29, 1.82) is 0 Å². The number of carboxylic acid groups (broad SMARTS) is 1. The number of rotatable bonds is 7. The molecule has 3 N–H and O–H groups in total. The molecule has 1 aliphatic rings. The van der Waals surface area contributed by atoms with Gasteiger partial charge in [-0.15, -0.1) is 0 Å². The van der Waals surface area contributed by atoms with E-state index >= 15 is 0 Å². The van der Waals surface area contributed by atoms with Gasteiger partial charge in [-0.1, -0.05) is 12.8 Å². The number of Topliss-reactive ketones (excluding diaryl/α,β-unsaturated/α-hetero) is 1. The van der Waals surface area contributed by atoms with Crippen molar-refractivity contribution in [3.63, 3.8) is 0 Å². The third-order valence-electron chi connectivity index (χ3n) is 3.59. The average Bonchev–Trinajstić information content (AvgIpc) is 2.82. The summed E-state index contributed by atoms with van der Waals surface area (Å²) in [4.78, 5) is 22.1. The fraction of sp³-hybridized carbons (Fsp3) is 0.833. The van der Waals surface area contributed by atoms with Crippen molar-refractivity contribution in [2.45, 2.75) is 50.5 Å². The molecular weight excluding hydrogens is 224 g/mol. The molecule has 0 aliphatic heterocycles. The number of aliphatic hydroxyl groups excluding tert-OH is 1. The Morgan fingerprint density at radius 3 is 2.29 bits per heavy atom. The van der Waals surface area contributed by atoms with Gasteiger partial charge in [-0.3, -0.25) is 4.79 Å². The number of hydrogen-bond acceptors (Lipinski definition) is 4. The van der Waals surface area contributed by atoms with E-state index < -0.39 is 18.2 Å². The van der Waals surface area contributed by atoms with Gasteiger partial charge in [0.25, 0.3) is 0 Å². The van der Waals surface area contributed by atoms with Crippen LogP contribution in [0.3, 0.4) is 0 Å². The van der Waals surface area contributed by atoms with Crippen molar-refractivity contribution < 1.29 is 24.9 Å². The number of carbonyl (C=O) groups is 2. The minimum atomic E-state index is -1.70. The maximum Gasteiger partial charge on any atom is 0.335 e. The quantitative estimate of drug-likeness (QED) is 0.613. The highest BCUT2D eigenvalue weighted by atomic mass is 16.4. The van der Waals surface area contributed by atoms with Crippen LogP contribution in [0.5, 0.6) is 0 Å². The number of aliphatic carboxylic acids is 1. The lowest BCUT2D eigenvalue weighted by molar-refractivity contribution is -0.166. The van der Waals surface area contributed by atoms with Crippen LogP contribution >= 0.6 is 0 Å². The predicted octanol–water partition coefficient (Wildman–Crippen LogP) is 0.724. The largest absolute Gasteiger partial charge is 0.479 e. The van der Waals surface area contributed by atoms with E-state index in [2.05, 4.69) is 0 Å². The van der Waals surface area contributed by atoms with E-state index in [9.17, 15) is 14.7 Å². The van der Waals surface area contributed by atoms with Gasteiger partial charge in [0.1, 0.15) is 6.61 Å². The van der Waals surface area contributed by atoms with Gasteiger partial charge in [-0.2, -0.15) is 0 Å². The zero-order chi connectivity index (χ0) is 12.9. The zero-order valence-electron chi connectivity index (χ0n) is 9.89. The predicted molar refractivity (Wildman–Crippen MR) is 60.5 cm³/mol. The van der Waals surface area contributed by atoms with Crippen LogP contribution in [0.25, 0.3) is 0 Å². The lowest BCUT2D eigenvalue weighted by Gasteiger charge is -2.29. The molecule has 1 aliphatic carbocycles. The summed E-state index contributed by atoms with van der Waals surface area (Å²) in [5.74, 6) is -1.71. The smallest absolute Gasteiger partial charge is 0.335 e. The van der Waals surface area contributed by atoms with Gasteiger partial charge in [-0.05, 0) is 31.6 Å². The highest BCUT2D eigenvalue weighted by molar-refractivity contribution is 5.80. The second kappa shape index (κ2) is 6.12. The van der Waals surface area contributed by atoms with Crippen LogP contribution in [0.4, 0.5) is 0 Å². The van der Waals surface area contributed by atoms with Crippen LogP contribution in [-0.2, 0) is 9.59 Å². The second-order valence-electron chi connectivity index (χ2n) is 4.76. The van der Waals surface area contributed by atoms with Crippen LogP contribution in [0, 0.1) is 5.92 Å². The molecule has 5 heteroatoms. The third kappa shape index (κ3) is 3.51. The summed E-state index contributed by atoms with van der Waals surface area (Å²) >= 11 is 0. The number of carboxylic acids is 1. The minimum Gasteiger partial charge on any atom is -0.479 e. The molecular formula is C12H20O5. The molecule has 0 aromatic carbocycles. The van der Waals surface area contributed by atoms with Gasteiger partial charge in [0.15, 0.2) is 11.4 Å². The van der Waals surface area contributed by atoms with E-state index in [1.54, 1.807) is 0 Å². The zero-order valence-corrected chi connectivity index (χ0v) is 9.89. The molecule has 0 radical (unpaired) electrons. The number of hydrogen-bond donors (Lipinski definition) is 3. The Hall–Kier alpha value is -0.940. The van der Waals surface area contributed by atoms with Crippen molar-refractivity contribution in [1.82, 2.24) is 0 Å².